The predicted molar refractivity (Wildman–Crippen MR) is 75.1 cm³/mol. The molecule has 2 fully saturated rings. The van der Waals surface area contributed by atoms with Gasteiger partial charge in [-0.2, -0.15) is 0 Å². The summed E-state index contributed by atoms with van der Waals surface area (Å²) in [6.07, 6.45) is -17.7. The fourth-order valence-corrected chi connectivity index (χ4v) is 3.20. The van der Waals surface area contributed by atoms with Crippen LogP contribution >= 0.6 is 7.82 Å². The Morgan fingerprint density at radius 1 is 0.759 bits per heavy atom. The molecule has 2 aliphatic rings. The molecule has 29 heavy (non-hydrogen) atoms. The number of ether oxygens (including phenoxy) is 3. The van der Waals surface area contributed by atoms with Crippen LogP contribution in [-0.2, 0) is 23.3 Å². The fraction of sp³-hybridized carbons (Fsp3) is 1.00. The monoisotopic (exact) mass is 498 g/mol. The van der Waals surface area contributed by atoms with Crippen molar-refractivity contribution in [2.45, 2.75) is 61.4 Å². The van der Waals surface area contributed by atoms with E-state index in [9.17, 15) is 45.0 Å². The zero-order chi connectivity index (χ0) is 20.5. The summed E-state index contributed by atoms with van der Waals surface area (Å²) in [4.78, 5) is 21.4. The second kappa shape index (κ2) is 13.8. The summed E-state index contributed by atoms with van der Waals surface area (Å²) < 4.78 is 29.9. The largest absolute Gasteiger partial charge is 1.00 e. The maximum Gasteiger partial charge on any atom is 1.00 e. The van der Waals surface area contributed by atoms with Crippen LogP contribution in [0.15, 0.2) is 0 Å². The Labute approximate surface area is 250 Å². The summed E-state index contributed by atoms with van der Waals surface area (Å²) in [7, 11) is -5.60. The SMILES string of the molecule is O=P([O-])([O-])O[C@H]1O[C@H](CO)[C@@H](O[C@H]2O[C@H](CO)[C@@H](O)[C@H](O)[C@H]2O)[C@H](O)[C@H]1O.[K+].[K+]. The van der Waals surface area contributed by atoms with Gasteiger partial charge < -0.3 is 68.8 Å². The molecule has 2 saturated heterocycles. The predicted octanol–water partition coefficient (Wildman–Crippen LogP) is -12.5. The van der Waals surface area contributed by atoms with Crippen LogP contribution in [0, 0.1) is 0 Å². The zero-order valence-electron chi connectivity index (χ0n) is 15.6. The van der Waals surface area contributed by atoms with Crippen molar-refractivity contribution in [2.24, 2.45) is 0 Å². The third-order valence-corrected chi connectivity index (χ3v) is 4.66. The van der Waals surface area contributed by atoms with Gasteiger partial charge in [0.15, 0.2) is 12.6 Å². The first-order chi connectivity index (χ1) is 12.5. The average Bonchev–Trinajstić information content (AvgIpc) is 2.60. The van der Waals surface area contributed by atoms with Crippen molar-refractivity contribution in [3.8, 4) is 0 Å². The Bertz CT molecular complexity index is 535. The molecule has 2 rings (SSSR count). The number of phosphoric ester groups is 1. The maximum absolute atomic E-state index is 10.7. The van der Waals surface area contributed by atoms with Crippen molar-refractivity contribution in [1.29, 1.82) is 0 Å². The Balaban J connectivity index is 0.00000392. The molecule has 0 amide bonds. The second-order valence-electron chi connectivity index (χ2n) is 6.06. The van der Waals surface area contributed by atoms with Crippen LogP contribution in [0.5, 0.6) is 0 Å². The summed E-state index contributed by atoms with van der Waals surface area (Å²) >= 11 is 0. The molecule has 2 aliphatic heterocycles. The van der Waals surface area contributed by atoms with Crippen molar-refractivity contribution in [3.63, 3.8) is 0 Å². The van der Waals surface area contributed by atoms with Crippen molar-refractivity contribution in [1.82, 2.24) is 0 Å². The number of aliphatic hydroxyl groups excluding tert-OH is 7. The van der Waals surface area contributed by atoms with Crippen LogP contribution in [-0.4, -0.2) is 110 Å². The molecular formula is C12H21K2O14P. The van der Waals surface area contributed by atoms with Gasteiger partial charge in [0.25, 0.3) is 0 Å². The van der Waals surface area contributed by atoms with Crippen LogP contribution in [0.2, 0.25) is 0 Å². The van der Waals surface area contributed by atoms with E-state index in [1.54, 1.807) is 0 Å². The minimum absolute atomic E-state index is 0. The van der Waals surface area contributed by atoms with Gasteiger partial charge in [0, 0.05) is 0 Å². The molecule has 0 aromatic rings. The Hall–Kier alpha value is 2.98. The van der Waals surface area contributed by atoms with Gasteiger partial charge in [-0.15, -0.1) is 0 Å². The van der Waals surface area contributed by atoms with Crippen LogP contribution in [0.1, 0.15) is 0 Å². The third-order valence-electron chi connectivity index (χ3n) is 4.19. The Morgan fingerprint density at radius 3 is 1.72 bits per heavy atom. The molecule has 10 atom stereocenters. The van der Waals surface area contributed by atoms with Crippen molar-refractivity contribution in [2.75, 3.05) is 13.2 Å². The fourth-order valence-electron chi connectivity index (χ4n) is 2.77. The quantitative estimate of drug-likeness (QED) is 0.133. The van der Waals surface area contributed by atoms with Gasteiger partial charge in [0.1, 0.15) is 48.8 Å². The van der Waals surface area contributed by atoms with E-state index in [1.807, 2.05) is 0 Å². The molecule has 0 spiro atoms. The van der Waals surface area contributed by atoms with E-state index >= 15 is 0 Å². The first kappa shape index (κ1) is 32.0. The Morgan fingerprint density at radius 2 is 1.24 bits per heavy atom. The molecule has 0 bridgehead atoms. The molecule has 17 heteroatoms. The van der Waals surface area contributed by atoms with E-state index in [1.165, 1.54) is 0 Å². The minimum Gasteiger partial charge on any atom is -0.790 e. The van der Waals surface area contributed by atoms with Crippen LogP contribution < -0.4 is 113 Å². The van der Waals surface area contributed by atoms with Crippen molar-refractivity contribution < 1.29 is 172 Å². The third kappa shape index (κ3) is 8.30. The first-order valence-electron chi connectivity index (χ1n) is 7.79. The molecule has 0 aromatic carbocycles. The molecule has 14 nitrogen and oxygen atoms in total. The van der Waals surface area contributed by atoms with Crippen LogP contribution in [0.4, 0.5) is 0 Å². The normalized spacial score (nSPS) is 43.2. The van der Waals surface area contributed by atoms with Gasteiger partial charge in [0.05, 0.1) is 21.0 Å². The zero-order valence-corrected chi connectivity index (χ0v) is 22.8. The van der Waals surface area contributed by atoms with Gasteiger partial charge in [0.2, 0.25) is 0 Å². The molecule has 2 heterocycles. The summed E-state index contributed by atoms with van der Waals surface area (Å²) in [5.41, 5.74) is 0. The molecular weight excluding hydrogens is 477 g/mol. The molecule has 0 aliphatic carbocycles. The van der Waals surface area contributed by atoms with Crippen LogP contribution in [0.3, 0.4) is 0 Å². The number of aliphatic hydroxyl groups is 7. The maximum atomic E-state index is 10.7. The summed E-state index contributed by atoms with van der Waals surface area (Å²) in [5, 5.41) is 67.9. The van der Waals surface area contributed by atoms with E-state index in [2.05, 4.69) is 4.52 Å². The first-order valence-corrected chi connectivity index (χ1v) is 9.25. The minimum atomic E-state index is -5.60. The number of hydrogen-bond acceptors (Lipinski definition) is 14. The van der Waals surface area contributed by atoms with Gasteiger partial charge in [-0.25, -0.2) is 0 Å². The molecule has 0 saturated carbocycles. The van der Waals surface area contributed by atoms with Crippen LogP contribution in [0.25, 0.3) is 0 Å². The smallest absolute Gasteiger partial charge is 0.790 e. The van der Waals surface area contributed by atoms with Gasteiger partial charge in [-0.05, 0) is 0 Å². The topological polar surface area (TPSA) is 242 Å². The molecule has 7 N–H and O–H groups in total. The number of rotatable bonds is 6. The van der Waals surface area contributed by atoms with Crippen molar-refractivity contribution >= 4 is 7.82 Å². The number of phosphoric acid groups is 1. The van der Waals surface area contributed by atoms with Gasteiger partial charge in [-0.1, -0.05) is 0 Å². The van der Waals surface area contributed by atoms with E-state index in [0.717, 1.165) is 0 Å². The molecule has 0 aromatic heterocycles. The van der Waals surface area contributed by atoms with Gasteiger partial charge in [-0.3, -0.25) is 0 Å². The summed E-state index contributed by atoms with van der Waals surface area (Å²) in [6, 6.07) is 0. The Kier molecular flexibility index (Phi) is 15.2. The second-order valence-corrected chi connectivity index (χ2v) is 7.16. The van der Waals surface area contributed by atoms with Crippen molar-refractivity contribution in [3.05, 3.63) is 0 Å². The molecule has 160 valence electrons. The molecule has 0 unspecified atom stereocenters. The van der Waals surface area contributed by atoms with E-state index < -0.39 is 82.4 Å². The molecule has 0 radical (unpaired) electrons. The van der Waals surface area contributed by atoms with Gasteiger partial charge >= 0.3 is 103 Å². The van der Waals surface area contributed by atoms with E-state index in [0.29, 0.717) is 0 Å². The van der Waals surface area contributed by atoms with E-state index in [4.69, 9.17) is 19.3 Å². The number of hydrogen-bond donors (Lipinski definition) is 7. The standard InChI is InChI=1S/C12H23O14P.2K/c13-1-3-5(15)6(16)8(18)11(23-3)25-10-4(2-14)24-12(9(19)7(10)17)26-27(20,21)22;;/h3-19H,1-2H2,(H2,20,21,22);;/q;2*+1/p-2/t3-,4-,5-,6+,7-,8-,9-,10-,11-,12-;;/m1../s1. The summed E-state index contributed by atoms with van der Waals surface area (Å²) in [5.74, 6) is 0. The summed E-state index contributed by atoms with van der Waals surface area (Å²) in [6.45, 7) is -1.65. The average molecular weight is 498 g/mol. The van der Waals surface area contributed by atoms with E-state index in [-0.39, 0.29) is 103 Å².